The molecule has 0 saturated carbocycles. The molecule has 0 unspecified atom stereocenters. The van der Waals surface area contributed by atoms with Crippen molar-refractivity contribution in [2.45, 2.75) is 19.5 Å². The van der Waals surface area contributed by atoms with Gasteiger partial charge >= 0.3 is 12.1 Å². The fraction of sp³-hybridized carbons (Fsp3) is 0.160. The minimum atomic E-state index is -4.52. The molecule has 0 radical (unpaired) electrons. The third kappa shape index (κ3) is 4.54. The third-order valence-corrected chi connectivity index (χ3v) is 5.69. The van der Waals surface area contributed by atoms with Crippen LogP contribution < -0.4 is 10.6 Å². The van der Waals surface area contributed by atoms with Crippen LogP contribution in [-0.4, -0.2) is 26.5 Å². The number of nitrogens with zero attached hydrogens (tertiary/aromatic N) is 2. The Balaban J connectivity index is 1.80. The van der Waals surface area contributed by atoms with E-state index in [1.807, 2.05) is 0 Å². The van der Waals surface area contributed by atoms with Gasteiger partial charge in [0.05, 0.1) is 28.5 Å². The third-order valence-electron chi connectivity index (χ3n) is 5.69. The Kier molecular flexibility index (Phi) is 6.21. The minimum Gasteiger partial charge on any atom is -0.478 e. The van der Waals surface area contributed by atoms with Crippen molar-refractivity contribution in [3.8, 4) is 0 Å². The predicted octanol–water partition coefficient (Wildman–Crippen LogP) is 5.85. The highest BCUT2D eigenvalue weighted by atomic mass is 19.4. The topological polar surface area (TPSA) is 96.3 Å². The lowest BCUT2D eigenvalue weighted by Gasteiger charge is -2.15. The van der Waals surface area contributed by atoms with E-state index >= 15 is 0 Å². The summed E-state index contributed by atoms with van der Waals surface area (Å²) in [7, 11) is 1.64. The molecule has 1 amide bonds. The molecule has 0 spiro atoms. The number of carboxylic acid groups (broad SMARTS) is 1. The van der Waals surface area contributed by atoms with Crippen molar-refractivity contribution in [3.63, 3.8) is 0 Å². The molecular weight excluding hydrogens is 461 g/mol. The summed E-state index contributed by atoms with van der Waals surface area (Å²) >= 11 is 0. The van der Waals surface area contributed by atoms with E-state index in [1.54, 1.807) is 36.9 Å². The van der Waals surface area contributed by atoms with E-state index in [0.717, 1.165) is 12.1 Å². The van der Waals surface area contributed by atoms with E-state index < -0.39 is 23.6 Å². The van der Waals surface area contributed by atoms with Gasteiger partial charge in [0.2, 0.25) is 0 Å². The zero-order valence-electron chi connectivity index (χ0n) is 18.8. The Bertz CT molecular complexity index is 1440. The molecule has 2 heterocycles. The van der Waals surface area contributed by atoms with Crippen molar-refractivity contribution in [2.75, 3.05) is 10.6 Å². The van der Waals surface area contributed by atoms with Crippen LogP contribution in [0.3, 0.4) is 0 Å². The van der Waals surface area contributed by atoms with Gasteiger partial charge in [-0.05, 0) is 48.4 Å². The predicted molar refractivity (Wildman–Crippen MR) is 126 cm³/mol. The van der Waals surface area contributed by atoms with Gasteiger partial charge in [0.15, 0.2) is 0 Å². The molecule has 0 bridgehead atoms. The maximum absolute atomic E-state index is 13.5. The number of hydrogen-bond donors (Lipinski definition) is 3. The second-order valence-corrected chi connectivity index (χ2v) is 7.82. The first-order valence-corrected chi connectivity index (χ1v) is 10.6. The summed E-state index contributed by atoms with van der Waals surface area (Å²) < 4.78 is 41.3. The van der Waals surface area contributed by atoms with Gasteiger partial charge in [-0.1, -0.05) is 19.1 Å². The highest BCUT2D eigenvalue weighted by Crippen LogP contribution is 2.36. The van der Waals surface area contributed by atoms with Crippen molar-refractivity contribution < 1.29 is 27.9 Å². The molecule has 180 valence electrons. The number of carbonyl (C=O) groups is 2. The summed E-state index contributed by atoms with van der Waals surface area (Å²) in [5, 5.41) is 15.8. The first-order valence-electron chi connectivity index (χ1n) is 10.6. The van der Waals surface area contributed by atoms with Crippen molar-refractivity contribution in [1.82, 2.24) is 9.55 Å². The lowest BCUT2D eigenvalue weighted by Crippen LogP contribution is -2.19. The number of fused-ring (bicyclic) bond motifs is 1. The highest BCUT2D eigenvalue weighted by Gasteiger charge is 2.31. The first kappa shape index (κ1) is 23.8. The zero-order valence-corrected chi connectivity index (χ0v) is 18.8. The average Bonchev–Trinajstić information content (AvgIpc) is 3.10. The number of amides is 1. The maximum Gasteiger partial charge on any atom is 0.416 e. The monoisotopic (exact) mass is 482 g/mol. The summed E-state index contributed by atoms with van der Waals surface area (Å²) in [6, 6.07) is 10.9. The number of rotatable bonds is 6. The molecule has 0 atom stereocenters. The molecule has 10 heteroatoms. The van der Waals surface area contributed by atoms with Crippen LogP contribution in [0.4, 0.5) is 30.2 Å². The number of aromatic carboxylic acids is 1. The number of carboxylic acids is 1. The lowest BCUT2D eigenvalue weighted by molar-refractivity contribution is -0.137. The fourth-order valence-corrected chi connectivity index (χ4v) is 4.06. The van der Waals surface area contributed by atoms with Crippen LogP contribution in [0, 0.1) is 0 Å². The summed E-state index contributed by atoms with van der Waals surface area (Å²) in [5.41, 5.74) is 1.24. The smallest absolute Gasteiger partial charge is 0.416 e. The highest BCUT2D eigenvalue weighted by molar-refractivity contribution is 6.14. The largest absolute Gasteiger partial charge is 0.478 e. The van der Waals surface area contributed by atoms with Gasteiger partial charge in [0.1, 0.15) is 5.69 Å². The fourth-order valence-electron chi connectivity index (χ4n) is 4.06. The molecule has 0 aliphatic rings. The molecule has 4 aromatic rings. The van der Waals surface area contributed by atoms with E-state index in [2.05, 4.69) is 15.6 Å². The summed E-state index contributed by atoms with van der Waals surface area (Å²) in [6.45, 7) is 1.78. The second kappa shape index (κ2) is 9.13. The van der Waals surface area contributed by atoms with Crippen molar-refractivity contribution in [1.29, 1.82) is 0 Å². The number of halogens is 3. The van der Waals surface area contributed by atoms with Crippen LogP contribution in [0.25, 0.3) is 10.9 Å². The van der Waals surface area contributed by atoms with Crippen molar-refractivity contribution in [2.24, 2.45) is 7.05 Å². The molecule has 2 aromatic carbocycles. The molecule has 3 N–H and O–H groups in total. The van der Waals surface area contributed by atoms with Crippen LogP contribution >= 0.6 is 0 Å². The van der Waals surface area contributed by atoms with Gasteiger partial charge in [-0.15, -0.1) is 0 Å². The molecule has 0 aliphatic carbocycles. The molecular formula is C25H21F3N4O3. The van der Waals surface area contributed by atoms with E-state index in [9.17, 15) is 27.9 Å². The SMILES string of the molecule is CCc1c(NC(=O)c2c(Nc3cccc(C(F)(F)F)c3)c3ccncc3n2C)cccc1C(=O)O. The van der Waals surface area contributed by atoms with Gasteiger partial charge in [-0.2, -0.15) is 13.2 Å². The zero-order chi connectivity index (χ0) is 25.3. The minimum absolute atomic E-state index is 0.0776. The number of alkyl halides is 3. The Labute approximate surface area is 198 Å². The normalized spacial score (nSPS) is 11.5. The first-order chi connectivity index (χ1) is 16.6. The van der Waals surface area contributed by atoms with Gasteiger partial charge in [-0.3, -0.25) is 9.78 Å². The van der Waals surface area contributed by atoms with Crippen LogP contribution in [-0.2, 0) is 19.6 Å². The number of hydrogen-bond acceptors (Lipinski definition) is 4. The average molecular weight is 482 g/mol. The number of benzene rings is 2. The summed E-state index contributed by atoms with van der Waals surface area (Å²) in [5.74, 6) is -1.67. The second-order valence-electron chi connectivity index (χ2n) is 7.82. The summed E-state index contributed by atoms with van der Waals surface area (Å²) in [4.78, 5) is 29.2. The number of anilines is 3. The molecule has 0 saturated heterocycles. The standard InChI is InChI=1S/C25H21F3N4O3/c1-3-16-17(24(34)35)8-5-9-19(16)31-23(33)22-21(18-10-11-29-13-20(18)32(22)2)30-15-7-4-6-14(12-15)25(26,27)28/h4-13,30H,3H2,1-2H3,(H,31,33)(H,34,35). The van der Waals surface area contributed by atoms with Crippen molar-refractivity contribution in [3.05, 3.63) is 83.3 Å². The van der Waals surface area contributed by atoms with E-state index in [-0.39, 0.29) is 16.9 Å². The van der Waals surface area contributed by atoms with E-state index in [1.165, 1.54) is 30.5 Å². The Morgan fingerprint density at radius 3 is 2.54 bits per heavy atom. The van der Waals surface area contributed by atoms with Gasteiger partial charge in [0.25, 0.3) is 5.91 Å². The number of aromatic nitrogens is 2. The van der Waals surface area contributed by atoms with Gasteiger partial charge in [0, 0.05) is 30.0 Å². The van der Waals surface area contributed by atoms with Crippen LogP contribution in [0.5, 0.6) is 0 Å². The van der Waals surface area contributed by atoms with Gasteiger partial charge in [-0.25, -0.2) is 4.79 Å². The van der Waals surface area contributed by atoms with E-state index in [4.69, 9.17) is 0 Å². The molecule has 0 fully saturated rings. The van der Waals surface area contributed by atoms with Crippen LogP contribution in [0.15, 0.2) is 60.9 Å². The van der Waals surface area contributed by atoms with Gasteiger partial charge < -0.3 is 20.3 Å². The van der Waals surface area contributed by atoms with Crippen molar-refractivity contribution >= 4 is 39.8 Å². The van der Waals surface area contributed by atoms with E-state index in [0.29, 0.717) is 34.3 Å². The number of pyridine rings is 1. The molecule has 2 aromatic heterocycles. The Morgan fingerprint density at radius 2 is 1.86 bits per heavy atom. The lowest BCUT2D eigenvalue weighted by atomic mass is 10.0. The molecule has 7 nitrogen and oxygen atoms in total. The quantitative estimate of drug-likeness (QED) is 0.320. The number of carbonyl (C=O) groups excluding carboxylic acids is 1. The number of aryl methyl sites for hydroxylation is 1. The van der Waals surface area contributed by atoms with Crippen LogP contribution in [0.1, 0.15) is 38.9 Å². The molecule has 0 aliphatic heterocycles. The summed E-state index contributed by atoms with van der Waals surface area (Å²) in [6.07, 6.45) is -1.09. The van der Waals surface area contributed by atoms with Crippen LogP contribution in [0.2, 0.25) is 0 Å². The Hall–Kier alpha value is -4.34. The molecule has 35 heavy (non-hydrogen) atoms. The maximum atomic E-state index is 13.5. The Morgan fingerprint density at radius 1 is 1.11 bits per heavy atom. The number of nitrogens with one attached hydrogen (secondary N) is 2. The molecule has 4 rings (SSSR count).